The zero-order chi connectivity index (χ0) is 15.4. The third-order valence-electron chi connectivity index (χ3n) is 3.24. The van der Waals surface area contributed by atoms with E-state index in [1.54, 1.807) is 19.2 Å². The van der Waals surface area contributed by atoms with Crippen LogP contribution in [0.15, 0.2) is 40.9 Å². The number of hydrogen-bond donors (Lipinski definition) is 2. The Hall–Kier alpha value is -1.14. The van der Waals surface area contributed by atoms with Crippen LogP contribution in [0.3, 0.4) is 0 Å². The van der Waals surface area contributed by atoms with Crippen molar-refractivity contribution in [2.75, 3.05) is 7.11 Å². The van der Waals surface area contributed by atoms with Gasteiger partial charge in [-0.3, -0.25) is 11.3 Å². The lowest BCUT2D eigenvalue weighted by Crippen LogP contribution is -2.30. The molecule has 21 heavy (non-hydrogen) atoms. The molecule has 6 heteroatoms. The van der Waals surface area contributed by atoms with E-state index in [2.05, 4.69) is 21.4 Å². The van der Waals surface area contributed by atoms with Crippen molar-refractivity contribution >= 4 is 27.5 Å². The van der Waals surface area contributed by atoms with E-state index in [1.807, 2.05) is 18.2 Å². The van der Waals surface area contributed by atoms with E-state index in [4.69, 9.17) is 22.2 Å². The number of nitrogens with one attached hydrogen (secondary N) is 1. The molecule has 0 aliphatic carbocycles. The molecule has 0 amide bonds. The van der Waals surface area contributed by atoms with Crippen molar-refractivity contribution in [1.82, 2.24) is 5.43 Å². The van der Waals surface area contributed by atoms with Gasteiger partial charge in [0.15, 0.2) is 0 Å². The summed E-state index contributed by atoms with van der Waals surface area (Å²) in [4.78, 5) is 0. The van der Waals surface area contributed by atoms with Gasteiger partial charge in [-0.1, -0.05) is 39.7 Å². The number of ether oxygens (including phenoxy) is 1. The van der Waals surface area contributed by atoms with E-state index in [9.17, 15) is 4.39 Å². The molecule has 2 aromatic carbocycles. The van der Waals surface area contributed by atoms with E-state index >= 15 is 0 Å². The first-order chi connectivity index (χ1) is 10.1. The summed E-state index contributed by atoms with van der Waals surface area (Å²) < 4.78 is 20.1. The number of hydrazine groups is 1. The SMILES string of the molecule is COc1ccc(Br)c(C(Cc2cccc(Cl)c2F)NN)c1. The molecule has 0 aliphatic rings. The molecule has 1 atom stereocenters. The van der Waals surface area contributed by atoms with Crippen LogP contribution < -0.4 is 16.0 Å². The van der Waals surface area contributed by atoms with E-state index in [0.29, 0.717) is 17.7 Å². The van der Waals surface area contributed by atoms with Crippen molar-refractivity contribution in [3.63, 3.8) is 0 Å². The fourth-order valence-corrected chi connectivity index (χ4v) is 2.82. The third kappa shape index (κ3) is 3.74. The highest BCUT2D eigenvalue weighted by atomic mass is 79.9. The van der Waals surface area contributed by atoms with Gasteiger partial charge < -0.3 is 4.74 Å². The quantitative estimate of drug-likeness (QED) is 0.615. The molecule has 3 nitrogen and oxygen atoms in total. The maximum absolute atomic E-state index is 14.0. The average molecular weight is 374 g/mol. The highest BCUT2D eigenvalue weighted by molar-refractivity contribution is 9.10. The Morgan fingerprint density at radius 3 is 2.81 bits per heavy atom. The third-order valence-corrected chi connectivity index (χ3v) is 4.25. The van der Waals surface area contributed by atoms with Crippen LogP contribution in [0.25, 0.3) is 0 Å². The molecule has 0 saturated heterocycles. The van der Waals surface area contributed by atoms with Crippen LogP contribution in [0, 0.1) is 5.82 Å². The molecule has 0 bridgehead atoms. The summed E-state index contributed by atoms with van der Waals surface area (Å²) in [6.07, 6.45) is 0.370. The van der Waals surface area contributed by atoms with Gasteiger partial charge >= 0.3 is 0 Å². The highest BCUT2D eigenvalue weighted by Crippen LogP contribution is 2.30. The highest BCUT2D eigenvalue weighted by Gasteiger charge is 2.17. The van der Waals surface area contributed by atoms with Crippen LogP contribution in [0.1, 0.15) is 17.2 Å². The van der Waals surface area contributed by atoms with Crippen molar-refractivity contribution in [3.05, 3.63) is 62.8 Å². The van der Waals surface area contributed by atoms with Gasteiger partial charge in [-0.2, -0.15) is 0 Å². The smallest absolute Gasteiger partial charge is 0.145 e. The Morgan fingerprint density at radius 2 is 2.14 bits per heavy atom. The van der Waals surface area contributed by atoms with E-state index < -0.39 is 5.82 Å². The molecular weight excluding hydrogens is 359 g/mol. The van der Waals surface area contributed by atoms with Gasteiger partial charge in [0.1, 0.15) is 11.6 Å². The van der Waals surface area contributed by atoms with Crippen molar-refractivity contribution < 1.29 is 9.13 Å². The van der Waals surface area contributed by atoms with Crippen molar-refractivity contribution in [2.45, 2.75) is 12.5 Å². The number of hydrogen-bond acceptors (Lipinski definition) is 3. The summed E-state index contributed by atoms with van der Waals surface area (Å²) in [6.45, 7) is 0. The Labute approximate surface area is 136 Å². The standard InChI is InChI=1S/C15H15BrClFN2O/c1-21-10-5-6-12(16)11(8-10)14(20-19)7-9-3-2-4-13(17)15(9)18/h2-6,8,14,20H,7,19H2,1H3. The predicted octanol–water partition coefficient (Wildman–Crippen LogP) is 4.00. The Morgan fingerprint density at radius 1 is 1.38 bits per heavy atom. The molecule has 112 valence electrons. The maximum Gasteiger partial charge on any atom is 0.145 e. The zero-order valence-electron chi connectivity index (χ0n) is 11.4. The van der Waals surface area contributed by atoms with Gasteiger partial charge in [-0.25, -0.2) is 4.39 Å². The molecule has 0 aromatic heterocycles. The van der Waals surface area contributed by atoms with Crippen LogP contribution in [-0.2, 0) is 6.42 Å². The molecule has 0 fully saturated rings. The van der Waals surface area contributed by atoms with Crippen molar-refractivity contribution in [1.29, 1.82) is 0 Å². The first-order valence-corrected chi connectivity index (χ1v) is 7.46. The fourth-order valence-electron chi connectivity index (χ4n) is 2.10. The molecule has 1 unspecified atom stereocenters. The predicted molar refractivity (Wildman–Crippen MR) is 85.9 cm³/mol. The summed E-state index contributed by atoms with van der Waals surface area (Å²) >= 11 is 9.29. The first kappa shape index (κ1) is 16.2. The van der Waals surface area contributed by atoms with Crippen LogP contribution in [0.2, 0.25) is 5.02 Å². The number of methoxy groups -OCH3 is 1. The van der Waals surface area contributed by atoms with E-state index in [0.717, 1.165) is 10.0 Å². The average Bonchev–Trinajstić information content (AvgIpc) is 2.50. The molecule has 0 spiro atoms. The summed E-state index contributed by atoms with van der Waals surface area (Å²) in [5.74, 6) is 5.92. The second-order valence-corrected chi connectivity index (χ2v) is 5.79. The molecule has 0 radical (unpaired) electrons. The van der Waals surface area contributed by atoms with Crippen molar-refractivity contribution in [3.8, 4) is 5.75 Å². The van der Waals surface area contributed by atoms with E-state index in [-0.39, 0.29) is 11.1 Å². The molecule has 0 saturated carbocycles. The Bertz CT molecular complexity index is 639. The van der Waals surface area contributed by atoms with Gasteiger partial charge in [-0.15, -0.1) is 0 Å². The summed E-state index contributed by atoms with van der Waals surface area (Å²) in [5, 5.41) is 0.105. The molecule has 2 aromatic rings. The number of halogens is 3. The first-order valence-electron chi connectivity index (χ1n) is 6.29. The normalized spacial score (nSPS) is 12.2. The monoisotopic (exact) mass is 372 g/mol. The molecule has 0 heterocycles. The molecule has 3 N–H and O–H groups in total. The lowest BCUT2D eigenvalue weighted by atomic mass is 9.99. The number of nitrogens with two attached hydrogens (primary N) is 1. The van der Waals surface area contributed by atoms with Crippen LogP contribution in [0.5, 0.6) is 5.75 Å². The Balaban J connectivity index is 2.34. The van der Waals surface area contributed by atoms with Gasteiger partial charge in [0, 0.05) is 4.47 Å². The van der Waals surface area contributed by atoms with Gasteiger partial charge in [0.05, 0.1) is 18.2 Å². The second kappa shape index (κ2) is 7.22. The lowest BCUT2D eigenvalue weighted by Gasteiger charge is -2.19. The fraction of sp³-hybridized carbons (Fsp3) is 0.200. The van der Waals surface area contributed by atoms with Crippen LogP contribution >= 0.6 is 27.5 Å². The van der Waals surface area contributed by atoms with Gasteiger partial charge in [0.2, 0.25) is 0 Å². The van der Waals surface area contributed by atoms with Gasteiger partial charge in [0.25, 0.3) is 0 Å². The molecule has 0 aliphatic heterocycles. The van der Waals surface area contributed by atoms with Crippen LogP contribution in [-0.4, -0.2) is 7.11 Å². The second-order valence-electron chi connectivity index (χ2n) is 4.52. The van der Waals surface area contributed by atoms with Crippen molar-refractivity contribution in [2.24, 2.45) is 5.84 Å². The van der Waals surface area contributed by atoms with Gasteiger partial charge in [-0.05, 0) is 41.8 Å². The number of benzene rings is 2. The van der Waals surface area contributed by atoms with Crippen LogP contribution in [0.4, 0.5) is 4.39 Å². The minimum Gasteiger partial charge on any atom is -0.497 e. The minimum atomic E-state index is -0.418. The lowest BCUT2D eigenvalue weighted by molar-refractivity contribution is 0.412. The molecule has 2 rings (SSSR count). The topological polar surface area (TPSA) is 47.3 Å². The summed E-state index contributed by atoms with van der Waals surface area (Å²) in [5.41, 5.74) is 4.10. The molecular formula is C15H15BrClFN2O. The number of rotatable bonds is 5. The maximum atomic E-state index is 14.0. The minimum absolute atomic E-state index is 0.105. The Kier molecular flexibility index (Phi) is 5.58. The largest absolute Gasteiger partial charge is 0.497 e. The van der Waals surface area contributed by atoms with E-state index in [1.165, 1.54) is 6.07 Å². The summed E-state index contributed by atoms with van der Waals surface area (Å²) in [7, 11) is 1.59. The zero-order valence-corrected chi connectivity index (χ0v) is 13.7. The summed E-state index contributed by atoms with van der Waals surface area (Å²) in [6, 6.07) is 10.2.